The Morgan fingerprint density at radius 3 is 1.88 bits per heavy atom. The maximum atomic E-state index is 3.98. The molecule has 94 valence electrons. The maximum absolute atomic E-state index is 3.98. The molecule has 0 N–H and O–H groups in total. The summed E-state index contributed by atoms with van der Waals surface area (Å²) in [6.45, 7) is 10.8. The van der Waals surface area contributed by atoms with Crippen molar-refractivity contribution in [1.82, 2.24) is 0 Å². The summed E-state index contributed by atoms with van der Waals surface area (Å²) in [7, 11) is 0. The Morgan fingerprint density at radius 1 is 0.875 bits per heavy atom. The Bertz CT molecular complexity index is 198. The van der Waals surface area contributed by atoms with Crippen LogP contribution in [-0.4, -0.2) is 0 Å². The third kappa shape index (κ3) is 6.87. The Balaban J connectivity index is 4.21. The Labute approximate surface area is 103 Å². The van der Waals surface area contributed by atoms with E-state index in [4.69, 9.17) is 0 Å². The molecule has 0 radical (unpaired) electrons. The Hall–Kier alpha value is -0.520. The number of rotatable bonds is 10. The van der Waals surface area contributed by atoms with Crippen LogP contribution in [0.4, 0.5) is 0 Å². The third-order valence-electron chi connectivity index (χ3n) is 3.26. The molecule has 16 heavy (non-hydrogen) atoms. The highest BCUT2D eigenvalue weighted by molar-refractivity contribution is 5.24. The summed E-state index contributed by atoms with van der Waals surface area (Å²) >= 11 is 0. The van der Waals surface area contributed by atoms with E-state index in [1.54, 1.807) is 5.57 Å². The van der Waals surface area contributed by atoms with Crippen LogP contribution in [0.3, 0.4) is 0 Å². The lowest BCUT2D eigenvalue weighted by molar-refractivity contribution is 0.681. The number of allylic oxidation sites excluding steroid dienone is 3. The van der Waals surface area contributed by atoms with E-state index in [-0.39, 0.29) is 0 Å². The molecule has 0 heterocycles. The van der Waals surface area contributed by atoms with Crippen molar-refractivity contribution in [1.29, 1.82) is 0 Å². The summed E-state index contributed by atoms with van der Waals surface area (Å²) in [4.78, 5) is 0. The van der Waals surface area contributed by atoms with Gasteiger partial charge in [0.15, 0.2) is 0 Å². The quantitative estimate of drug-likeness (QED) is 0.312. The van der Waals surface area contributed by atoms with Crippen molar-refractivity contribution >= 4 is 0 Å². The first-order valence-corrected chi connectivity index (χ1v) is 7.13. The van der Waals surface area contributed by atoms with Gasteiger partial charge in [-0.25, -0.2) is 0 Å². The van der Waals surface area contributed by atoms with Gasteiger partial charge < -0.3 is 0 Å². The van der Waals surface area contributed by atoms with Crippen molar-refractivity contribution in [3.8, 4) is 0 Å². The van der Waals surface area contributed by atoms with Gasteiger partial charge in [-0.2, -0.15) is 0 Å². The van der Waals surface area contributed by atoms with Crippen LogP contribution in [0, 0.1) is 0 Å². The molecule has 0 fully saturated rings. The number of unbranched alkanes of at least 4 members (excludes halogenated alkanes) is 4. The van der Waals surface area contributed by atoms with Gasteiger partial charge in [0.2, 0.25) is 0 Å². The summed E-state index contributed by atoms with van der Waals surface area (Å²) in [5.74, 6) is 0. The van der Waals surface area contributed by atoms with Crippen LogP contribution in [-0.2, 0) is 0 Å². The zero-order valence-electron chi connectivity index (χ0n) is 11.6. The second-order valence-electron chi connectivity index (χ2n) is 4.60. The van der Waals surface area contributed by atoms with E-state index in [9.17, 15) is 0 Å². The van der Waals surface area contributed by atoms with E-state index < -0.39 is 0 Å². The molecule has 0 saturated heterocycles. The molecule has 0 amide bonds. The highest BCUT2D eigenvalue weighted by atomic mass is 14.1. The molecule has 0 spiro atoms. The molecular weight excluding hydrogens is 192 g/mol. The lowest BCUT2D eigenvalue weighted by atomic mass is 9.95. The first kappa shape index (κ1) is 15.5. The fourth-order valence-corrected chi connectivity index (χ4v) is 2.14. The van der Waals surface area contributed by atoms with E-state index >= 15 is 0 Å². The van der Waals surface area contributed by atoms with Gasteiger partial charge in [-0.05, 0) is 37.7 Å². The molecule has 0 aliphatic heterocycles. The molecule has 0 aromatic heterocycles. The predicted molar refractivity (Wildman–Crippen MR) is 75.8 cm³/mol. The van der Waals surface area contributed by atoms with Gasteiger partial charge in [-0.1, -0.05) is 64.7 Å². The average molecular weight is 222 g/mol. The van der Waals surface area contributed by atoms with E-state index in [2.05, 4.69) is 33.4 Å². The molecule has 0 nitrogen and oxygen atoms in total. The monoisotopic (exact) mass is 222 g/mol. The average Bonchev–Trinajstić information content (AvgIpc) is 2.31. The zero-order valence-corrected chi connectivity index (χ0v) is 11.6. The lowest BCUT2D eigenvalue weighted by Crippen LogP contribution is -1.91. The standard InChI is InChI=1S/C16H30/c1-5-9-11-13-15(7-3)16(8-4)14-12-10-6-2/h7H,3,5-6,8-14H2,1-2,4H3. The molecule has 0 rings (SSSR count). The molecule has 0 aromatic rings. The molecule has 0 atom stereocenters. The van der Waals surface area contributed by atoms with Crippen molar-refractivity contribution in [2.24, 2.45) is 0 Å². The van der Waals surface area contributed by atoms with Crippen LogP contribution in [0.1, 0.15) is 78.6 Å². The van der Waals surface area contributed by atoms with Gasteiger partial charge >= 0.3 is 0 Å². The summed E-state index contributed by atoms with van der Waals surface area (Å²) in [5, 5.41) is 0. The fourth-order valence-electron chi connectivity index (χ4n) is 2.14. The zero-order chi connectivity index (χ0) is 12.2. The molecular formula is C16H30. The van der Waals surface area contributed by atoms with Crippen LogP contribution in [0.25, 0.3) is 0 Å². The fraction of sp³-hybridized carbons (Fsp3) is 0.750. The minimum atomic E-state index is 1.21. The normalized spacial score (nSPS) is 12.4. The molecule has 0 bridgehead atoms. The number of hydrogen-bond donors (Lipinski definition) is 0. The molecule has 0 saturated carbocycles. The topological polar surface area (TPSA) is 0 Å². The van der Waals surface area contributed by atoms with E-state index in [1.165, 1.54) is 63.4 Å². The van der Waals surface area contributed by atoms with E-state index in [0.29, 0.717) is 0 Å². The third-order valence-corrected chi connectivity index (χ3v) is 3.26. The molecule has 0 aliphatic rings. The first-order chi connectivity index (χ1) is 7.79. The predicted octanol–water partition coefficient (Wildman–Crippen LogP) is 6.04. The van der Waals surface area contributed by atoms with Crippen LogP contribution in [0.2, 0.25) is 0 Å². The second kappa shape index (κ2) is 11.0. The van der Waals surface area contributed by atoms with Gasteiger partial charge in [0, 0.05) is 0 Å². The van der Waals surface area contributed by atoms with Crippen LogP contribution >= 0.6 is 0 Å². The van der Waals surface area contributed by atoms with Crippen molar-refractivity contribution in [2.45, 2.75) is 78.6 Å². The van der Waals surface area contributed by atoms with Crippen molar-refractivity contribution in [3.05, 3.63) is 23.8 Å². The largest absolute Gasteiger partial charge is 0.0988 e. The minimum absolute atomic E-state index is 1.21. The SMILES string of the molecule is C=CC(CCCCC)=C(CC)CCCCC. The molecule has 0 heteroatoms. The second-order valence-corrected chi connectivity index (χ2v) is 4.60. The number of hydrogen-bond acceptors (Lipinski definition) is 0. The van der Waals surface area contributed by atoms with E-state index in [0.717, 1.165) is 0 Å². The van der Waals surface area contributed by atoms with Crippen molar-refractivity contribution < 1.29 is 0 Å². The van der Waals surface area contributed by atoms with Crippen LogP contribution < -0.4 is 0 Å². The minimum Gasteiger partial charge on any atom is -0.0988 e. The van der Waals surface area contributed by atoms with Gasteiger partial charge in [-0.3, -0.25) is 0 Å². The molecule has 0 aliphatic carbocycles. The van der Waals surface area contributed by atoms with Gasteiger partial charge in [-0.15, -0.1) is 0 Å². The Kier molecular flexibility index (Phi) is 10.6. The highest BCUT2D eigenvalue weighted by Gasteiger charge is 2.02. The summed E-state index contributed by atoms with van der Waals surface area (Å²) in [5.41, 5.74) is 3.19. The lowest BCUT2D eigenvalue weighted by Gasteiger charge is -2.11. The molecule has 0 unspecified atom stereocenters. The van der Waals surface area contributed by atoms with Gasteiger partial charge in [0.1, 0.15) is 0 Å². The van der Waals surface area contributed by atoms with Crippen molar-refractivity contribution in [2.75, 3.05) is 0 Å². The van der Waals surface area contributed by atoms with Gasteiger partial charge in [0.25, 0.3) is 0 Å². The smallest absolute Gasteiger partial charge is 0.0280 e. The maximum Gasteiger partial charge on any atom is -0.0280 e. The summed E-state index contributed by atoms with van der Waals surface area (Å²) < 4.78 is 0. The van der Waals surface area contributed by atoms with Gasteiger partial charge in [0.05, 0.1) is 0 Å². The van der Waals surface area contributed by atoms with E-state index in [1.807, 2.05) is 0 Å². The summed E-state index contributed by atoms with van der Waals surface area (Å²) in [6.07, 6.45) is 13.9. The molecule has 0 aromatic carbocycles. The van der Waals surface area contributed by atoms with Crippen LogP contribution in [0.5, 0.6) is 0 Å². The van der Waals surface area contributed by atoms with Crippen LogP contribution in [0.15, 0.2) is 23.8 Å². The summed E-state index contributed by atoms with van der Waals surface area (Å²) in [6, 6.07) is 0. The Morgan fingerprint density at radius 2 is 1.44 bits per heavy atom. The van der Waals surface area contributed by atoms with Crippen molar-refractivity contribution in [3.63, 3.8) is 0 Å². The highest BCUT2D eigenvalue weighted by Crippen LogP contribution is 2.22. The first-order valence-electron chi connectivity index (χ1n) is 7.13.